The number of ether oxygens (including phenoxy) is 2. The van der Waals surface area contributed by atoms with E-state index < -0.39 is 76.3 Å². The second-order valence-corrected chi connectivity index (χ2v) is 10.5. The van der Waals surface area contributed by atoms with Crippen LogP contribution < -0.4 is 9.47 Å². The van der Waals surface area contributed by atoms with Gasteiger partial charge in [-0.1, -0.05) is 6.07 Å². The van der Waals surface area contributed by atoms with Gasteiger partial charge in [0.25, 0.3) is 0 Å². The van der Waals surface area contributed by atoms with Crippen molar-refractivity contribution < 1.29 is 65.6 Å². The molecule has 6 rings (SSSR count). The van der Waals surface area contributed by atoms with Gasteiger partial charge in [0.15, 0.2) is 34.9 Å². The summed E-state index contributed by atoms with van der Waals surface area (Å²) in [5.74, 6) is -6.85. The quantitative estimate of drug-likeness (QED) is 0.153. The summed E-state index contributed by atoms with van der Waals surface area (Å²) in [5, 5.41) is 116. The molecule has 0 spiro atoms. The smallest absolute Gasteiger partial charge is 0.200 e. The van der Waals surface area contributed by atoms with Crippen LogP contribution in [0.5, 0.6) is 63.2 Å². The Balaban J connectivity index is 1.48. The fraction of sp³-hybridized carbons (Fsp3) is 0.200. The Morgan fingerprint density at radius 2 is 1.16 bits per heavy atom. The second kappa shape index (κ2) is 9.86. The molecule has 13 heteroatoms. The number of hydrogen-bond donors (Lipinski definition) is 11. The first-order valence-electron chi connectivity index (χ1n) is 12.9. The lowest BCUT2D eigenvalue weighted by Gasteiger charge is -2.39. The van der Waals surface area contributed by atoms with E-state index in [-0.39, 0.29) is 45.9 Å². The highest BCUT2D eigenvalue weighted by Gasteiger charge is 2.45. The molecule has 4 aromatic carbocycles. The minimum absolute atomic E-state index is 0.0248. The minimum atomic E-state index is -1.72. The molecule has 0 saturated heterocycles. The lowest BCUT2D eigenvalue weighted by molar-refractivity contribution is 0.00564. The summed E-state index contributed by atoms with van der Waals surface area (Å²) in [5.41, 5.74) is -0.0816. The Hall–Kier alpha value is -5.40. The van der Waals surface area contributed by atoms with Crippen molar-refractivity contribution in [2.45, 2.75) is 36.8 Å². The first-order chi connectivity index (χ1) is 20.3. The molecule has 0 amide bonds. The summed E-state index contributed by atoms with van der Waals surface area (Å²) in [4.78, 5) is 0. The average molecular weight is 595 g/mol. The third kappa shape index (κ3) is 4.42. The molecule has 2 aliphatic rings. The monoisotopic (exact) mass is 594 g/mol. The number of hydrogen-bond acceptors (Lipinski definition) is 13. The summed E-state index contributed by atoms with van der Waals surface area (Å²) in [7, 11) is 0. The van der Waals surface area contributed by atoms with Gasteiger partial charge in [0.2, 0.25) is 0 Å². The van der Waals surface area contributed by atoms with Gasteiger partial charge < -0.3 is 65.6 Å². The maximum absolute atomic E-state index is 11.6. The van der Waals surface area contributed by atoms with E-state index in [0.717, 1.165) is 30.3 Å². The first kappa shape index (κ1) is 27.8. The van der Waals surface area contributed by atoms with Crippen molar-refractivity contribution in [1.82, 2.24) is 0 Å². The Morgan fingerprint density at radius 1 is 0.535 bits per heavy atom. The maximum atomic E-state index is 11.6. The summed E-state index contributed by atoms with van der Waals surface area (Å²) < 4.78 is 11.7. The highest BCUT2D eigenvalue weighted by atomic mass is 16.5. The van der Waals surface area contributed by atoms with Crippen LogP contribution in [0.1, 0.15) is 45.9 Å². The van der Waals surface area contributed by atoms with Gasteiger partial charge in [0.1, 0.15) is 46.7 Å². The molecule has 13 nitrogen and oxygen atoms in total. The van der Waals surface area contributed by atoms with E-state index in [2.05, 4.69) is 0 Å². The van der Waals surface area contributed by atoms with Gasteiger partial charge in [0.05, 0.1) is 12.0 Å². The van der Waals surface area contributed by atoms with E-state index in [9.17, 15) is 56.2 Å². The number of fused-ring (bicyclic) bond motifs is 2. The summed E-state index contributed by atoms with van der Waals surface area (Å²) >= 11 is 0. The van der Waals surface area contributed by atoms with E-state index in [0.29, 0.717) is 5.56 Å². The van der Waals surface area contributed by atoms with Gasteiger partial charge in [0, 0.05) is 46.9 Å². The lowest BCUT2D eigenvalue weighted by atomic mass is 9.77. The predicted molar refractivity (Wildman–Crippen MR) is 145 cm³/mol. The van der Waals surface area contributed by atoms with Gasteiger partial charge in [-0.05, 0) is 29.8 Å². The van der Waals surface area contributed by atoms with Crippen molar-refractivity contribution in [3.05, 3.63) is 76.3 Å². The zero-order valence-corrected chi connectivity index (χ0v) is 21.9. The molecule has 0 fully saturated rings. The normalized spacial score (nSPS) is 22.6. The van der Waals surface area contributed by atoms with Crippen LogP contribution in [0.2, 0.25) is 0 Å². The molecule has 5 atom stereocenters. The van der Waals surface area contributed by atoms with Crippen LogP contribution in [0.25, 0.3) is 0 Å². The number of aliphatic hydroxyl groups is 2. The van der Waals surface area contributed by atoms with Crippen molar-refractivity contribution >= 4 is 0 Å². The minimum Gasteiger partial charge on any atom is -0.508 e. The molecule has 224 valence electrons. The van der Waals surface area contributed by atoms with E-state index in [1.807, 2.05) is 0 Å². The SMILES string of the molecule is Oc1cc(O)c2c(c1)O[C@H](c1cc(O)c(O)c(O)c1)[C@@H](O)[C@H]2c1c(O)cc2c(c1O)C[C@H](O)[C@@H](c1ccc(O)c(O)c1)O2. The summed E-state index contributed by atoms with van der Waals surface area (Å²) in [6.45, 7) is 0. The van der Waals surface area contributed by atoms with Crippen LogP contribution >= 0.6 is 0 Å². The van der Waals surface area contributed by atoms with Gasteiger partial charge >= 0.3 is 0 Å². The zero-order valence-electron chi connectivity index (χ0n) is 21.9. The van der Waals surface area contributed by atoms with Crippen LogP contribution in [0.3, 0.4) is 0 Å². The third-order valence-corrected chi connectivity index (χ3v) is 7.78. The van der Waals surface area contributed by atoms with Crippen molar-refractivity contribution in [1.29, 1.82) is 0 Å². The lowest BCUT2D eigenvalue weighted by Crippen LogP contribution is -2.35. The van der Waals surface area contributed by atoms with E-state index in [1.165, 1.54) is 18.2 Å². The van der Waals surface area contributed by atoms with Gasteiger partial charge in [-0.2, -0.15) is 0 Å². The van der Waals surface area contributed by atoms with Crippen LogP contribution in [-0.4, -0.2) is 68.4 Å². The predicted octanol–water partition coefficient (Wildman–Crippen LogP) is 2.70. The summed E-state index contributed by atoms with van der Waals surface area (Å²) in [6, 6.07) is 9.12. The van der Waals surface area contributed by atoms with E-state index in [1.54, 1.807) is 0 Å². The Labute approximate surface area is 242 Å². The number of rotatable bonds is 3. The highest BCUT2D eigenvalue weighted by Crippen LogP contribution is 2.57. The highest BCUT2D eigenvalue weighted by molar-refractivity contribution is 5.65. The second-order valence-electron chi connectivity index (χ2n) is 10.5. The standard InChI is InChI=1S/C30H26O13/c31-12-6-16(34)23-22(7-12)43-30(11-4-18(36)27(40)19(37)5-11)28(41)25(23)24-17(35)9-21-13(26(24)39)8-20(38)29(42-21)10-1-2-14(32)15(33)3-10/h1-7,9,20,25,28-41H,8H2/t20-,25+,28-,29+,30+/m0/s1. The molecule has 11 N–H and O–H groups in total. The summed E-state index contributed by atoms with van der Waals surface area (Å²) in [6.07, 6.45) is -5.68. The van der Waals surface area contributed by atoms with Crippen molar-refractivity contribution in [3.63, 3.8) is 0 Å². The van der Waals surface area contributed by atoms with Crippen LogP contribution in [0.15, 0.2) is 48.5 Å². The Morgan fingerprint density at radius 3 is 1.84 bits per heavy atom. The molecule has 0 unspecified atom stereocenters. The fourth-order valence-electron chi connectivity index (χ4n) is 5.77. The van der Waals surface area contributed by atoms with E-state index >= 15 is 0 Å². The third-order valence-electron chi connectivity index (χ3n) is 7.78. The van der Waals surface area contributed by atoms with Gasteiger partial charge in [-0.15, -0.1) is 0 Å². The molecule has 0 radical (unpaired) electrons. The molecule has 4 aromatic rings. The first-order valence-corrected chi connectivity index (χ1v) is 12.9. The Bertz CT molecular complexity index is 1750. The maximum Gasteiger partial charge on any atom is 0.200 e. The van der Waals surface area contributed by atoms with Gasteiger partial charge in [-0.3, -0.25) is 0 Å². The number of aromatic hydroxyl groups is 9. The molecule has 0 aromatic heterocycles. The molecule has 0 saturated carbocycles. The number of phenolic OH excluding ortho intramolecular Hbond substituents is 9. The number of phenols is 9. The van der Waals surface area contributed by atoms with Crippen molar-refractivity contribution in [2.75, 3.05) is 0 Å². The molecular weight excluding hydrogens is 568 g/mol. The van der Waals surface area contributed by atoms with Crippen LogP contribution in [0, 0.1) is 0 Å². The largest absolute Gasteiger partial charge is 0.508 e. The molecule has 43 heavy (non-hydrogen) atoms. The van der Waals surface area contributed by atoms with Crippen molar-refractivity contribution in [3.8, 4) is 63.2 Å². The average Bonchev–Trinajstić information content (AvgIpc) is 2.94. The molecular formula is C30H26O13. The zero-order chi connectivity index (χ0) is 30.9. The molecule has 0 aliphatic carbocycles. The van der Waals surface area contributed by atoms with Crippen LogP contribution in [0.4, 0.5) is 0 Å². The molecule has 2 heterocycles. The van der Waals surface area contributed by atoms with E-state index in [4.69, 9.17) is 9.47 Å². The molecule has 0 bridgehead atoms. The number of benzene rings is 4. The Kier molecular flexibility index (Phi) is 6.36. The van der Waals surface area contributed by atoms with Crippen LogP contribution in [-0.2, 0) is 6.42 Å². The fourth-order valence-corrected chi connectivity index (χ4v) is 5.77. The number of aliphatic hydroxyl groups excluding tert-OH is 2. The van der Waals surface area contributed by atoms with Crippen molar-refractivity contribution in [2.24, 2.45) is 0 Å². The topological polar surface area (TPSA) is 241 Å². The molecule has 2 aliphatic heterocycles. The van der Waals surface area contributed by atoms with Gasteiger partial charge in [-0.25, -0.2) is 0 Å².